The highest BCUT2D eigenvalue weighted by molar-refractivity contribution is 6.32. The van der Waals surface area contributed by atoms with Gasteiger partial charge < -0.3 is 15.4 Å². The molecule has 1 fully saturated rings. The third-order valence-electron chi connectivity index (χ3n) is 3.98. The van der Waals surface area contributed by atoms with Gasteiger partial charge in [-0.1, -0.05) is 23.7 Å². The molecule has 116 valence electrons. The number of halogens is 1. The summed E-state index contributed by atoms with van der Waals surface area (Å²) in [6.07, 6.45) is 2.33. The Morgan fingerprint density at radius 3 is 2.76 bits per heavy atom. The maximum atomic E-state index is 12.4. The number of ether oxygens (including phenoxy) is 1. The number of piperidine rings is 1. The van der Waals surface area contributed by atoms with Gasteiger partial charge in [-0.25, -0.2) is 0 Å². The molecule has 5 heteroatoms. The van der Waals surface area contributed by atoms with Crippen LogP contribution in [-0.2, 0) is 11.2 Å². The van der Waals surface area contributed by atoms with Crippen LogP contribution in [0.5, 0.6) is 5.75 Å². The highest BCUT2D eigenvalue weighted by Crippen LogP contribution is 2.29. The largest absolute Gasteiger partial charge is 0.492 e. The number of para-hydroxylation sites is 1. The fraction of sp³-hybridized carbons (Fsp3) is 0.562. The Labute approximate surface area is 131 Å². The molecule has 1 aliphatic rings. The van der Waals surface area contributed by atoms with Crippen LogP contribution in [0.1, 0.15) is 25.3 Å². The zero-order valence-corrected chi connectivity index (χ0v) is 13.2. The van der Waals surface area contributed by atoms with Crippen molar-refractivity contribution in [2.75, 3.05) is 26.2 Å². The second kappa shape index (κ2) is 7.66. The van der Waals surface area contributed by atoms with Crippen LogP contribution in [0.3, 0.4) is 0 Å². The minimum Gasteiger partial charge on any atom is -0.492 e. The lowest BCUT2D eigenvalue weighted by molar-refractivity contribution is -0.131. The van der Waals surface area contributed by atoms with Gasteiger partial charge in [0, 0.05) is 18.7 Å². The van der Waals surface area contributed by atoms with Gasteiger partial charge in [0.25, 0.3) is 0 Å². The smallest absolute Gasteiger partial charge is 0.227 e. The number of likely N-dealkylation sites (tertiary alicyclic amines) is 1. The van der Waals surface area contributed by atoms with E-state index in [4.69, 9.17) is 22.1 Å². The maximum Gasteiger partial charge on any atom is 0.227 e. The minimum absolute atomic E-state index is 0.133. The topological polar surface area (TPSA) is 55.6 Å². The van der Waals surface area contributed by atoms with Gasteiger partial charge >= 0.3 is 0 Å². The summed E-state index contributed by atoms with van der Waals surface area (Å²) < 4.78 is 5.57. The molecule has 0 unspecified atom stereocenters. The molecular formula is C16H23ClN2O2. The first-order chi connectivity index (χ1) is 10.2. The number of hydrogen-bond donors (Lipinski definition) is 1. The van der Waals surface area contributed by atoms with Crippen molar-refractivity contribution in [1.82, 2.24) is 4.90 Å². The Hall–Kier alpha value is -1.26. The van der Waals surface area contributed by atoms with Crippen LogP contribution in [0, 0.1) is 5.92 Å². The molecule has 4 nitrogen and oxygen atoms in total. The van der Waals surface area contributed by atoms with Crippen molar-refractivity contribution in [1.29, 1.82) is 0 Å². The van der Waals surface area contributed by atoms with Crippen LogP contribution >= 0.6 is 11.6 Å². The van der Waals surface area contributed by atoms with E-state index in [-0.39, 0.29) is 5.91 Å². The molecule has 21 heavy (non-hydrogen) atoms. The Morgan fingerprint density at radius 1 is 1.43 bits per heavy atom. The number of benzene rings is 1. The molecule has 2 rings (SSSR count). The van der Waals surface area contributed by atoms with Crippen molar-refractivity contribution in [2.45, 2.75) is 26.2 Å². The van der Waals surface area contributed by atoms with E-state index in [0.29, 0.717) is 36.3 Å². The van der Waals surface area contributed by atoms with E-state index in [2.05, 4.69) is 0 Å². The number of amides is 1. The van der Waals surface area contributed by atoms with Crippen molar-refractivity contribution < 1.29 is 9.53 Å². The van der Waals surface area contributed by atoms with Crippen molar-refractivity contribution in [3.63, 3.8) is 0 Å². The van der Waals surface area contributed by atoms with Gasteiger partial charge in [-0.15, -0.1) is 0 Å². The summed E-state index contributed by atoms with van der Waals surface area (Å²) in [5.41, 5.74) is 6.54. The fourth-order valence-electron chi connectivity index (χ4n) is 2.69. The van der Waals surface area contributed by atoms with Crippen molar-refractivity contribution in [3.8, 4) is 5.75 Å². The summed E-state index contributed by atoms with van der Waals surface area (Å²) in [5, 5.41) is 0.559. The first kappa shape index (κ1) is 16.1. The predicted octanol–water partition coefficient (Wildman–Crippen LogP) is 2.48. The van der Waals surface area contributed by atoms with Gasteiger partial charge in [-0.2, -0.15) is 0 Å². The van der Waals surface area contributed by atoms with E-state index in [1.807, 2.05) is 24.0 Å². The Balaban J connectivity index is 2.01. The van der Waals surface area contributed by atoms with Crippen LogP contribution in [0.25, 0.3) is 0 Å². The minimum atomic E-state index is 0.133. The molecule has 1 aromatic carbocycles. The zero-order chi connectivity index (χ0) is 15.2. The second-order valence-corrected chi connectivity index (χ2v) is 5.80. The summed E-state index contributed by atoms with van der Waals surface area (Å²) in [4.78, 5) is 14.3. The Kier molecular flexibility index (Phi) is 5.88. The zero-order valence-electron chi connectivity index (χ0n) is 12.5. The molecule has 1 saturated heterocycles. The van der Waals surface area contributed by atoms with Gasteiger partial charge in [0.2, 0.25) is 5.91 Å². The molecule has 2 N–H and O–H groups in total. The van der Waals surface area contributed by atoms with Crippen LogP contribution in [0.2, 0.25) is 5.02 Å². The second-order valence-electron chi connectivity index (χ2n) is 5.40. The third-order valence-corrected chi connectivity index (χ3v) is 4.28. The Bertz CT molecular complexity index is 485. The van der Waals surface area contributed by atoms with E-state index in [1.165, 1.54) is 0 Å². The van der Waals surface area contributed by atoms with E-state index >= 15 is 0 Å². The third kappa shape index (κ3) is 4.11. The normalized spacial score (nSPS) is 16.0. The van der Waals surface area contributed by atoms with Crippen LogP contribution in [0.15, 0.2) is 18.2 Å². The average Bonchev–Trinajstić information content (AvgIpc) is 2.51. The monoisotopic (exact) mass is 310 g/mol. The number of hydrogen-bond acceptors (Lipinski definition) is 3. The number of carbonyl (C=O) groups excluding carboxylic acids is 1. The quantitative estimate of drug-likeness (QED) is 0.909. The molecule has 0 radical (unpaired) electrons. The van der Waals surface area contributed by atoms with E-state index in [9.17, 15) is 4.79 Å². The fourth-order valence-corrected chi connectivity index (χ4v) is 2.94. The number of carbonyl (C=O) groups is 1. The van der Waals surface area contributed by atoms with Gasteiger partial charge in [0.05, 0.1) is 18.1 Å². The summed E-state index contributed by atoms with van der Waals surface area (Å²) in [7, 11) is 0. The molecule has 0 spiro atoms. The van der Waals surface area contributed by atoms with Crippen LogP contribution < -0.4 is 10.5 Å². The number of nitrogens with zero attached hydrogens (tertiary/aromatic N) is 1. The molecule has 1 heterocycles. The van der Waals surface area contributed by atoms with E-state index in [1.54, 1.807) is 6.07 Å². The van der Waals surface area contributed by atoms with Crippen molar-refractivity contribution in [3.05, 3.63) is 28.8 Å². The summed E-state index contributed by atoms with van der Waals surface area (Å²) >= 11 is 6.15. The van der Waals surface area contributed by atoms with Crippen LogP contribution in [-0.4, -0.2) is 37.0 Å². The molecule has 1 aliphatic heterocycles. The lowest BCUT2D eigenvalue weighted by Crippen LogP contribution is -2.40. The van der Waals surface area contributed by atoms with Crippen LogP contribution in [0.4, 0.5) is 0 Å². The maximum absolute atomic E-state index is 12.4. The lowest BCUT2D eigenvalue weighted by Gasteiger charge is -2.31. The predicted molar refractivity (Wildman–Crippen MR) is 84.7 cm³/mol. The lowest BCUT2D eigenvalue weighted by atomic mass is 9.96. The SMILES string of the molecule is CCOc1c(Cl)cccc1CC(=O)N1CCC(CN)CC1. The first-order valence-corrected chi connectivity index (χ1v) is 7.91. The molecule has 1 aromatic rings. The summed E-state index contributed by atoms with van der Waals surface area (Å²) in [6.45, 7) is 4.75. The van der Waals surface area contributed by atoms with E-state index < -0.39 is 0 Å². The number of rotatable bonds is 5. The standard InChI is InChI=1S/C16H23ClN2O2/c1-2-21-16-13(4-3-5-14(16)17)10-15(20)19-8-6-12(11-18)7-9-19/h3-5,12H,2,6-11,18H2,1H3. The molecule has 0 atom stereocenters. The molecule has 0 aliphatic carbocycles. The van der Waals surface area contributed by atoms with Crippen molar-refractivity contribution >= 4 is 17.5 Å². The summed E-state index contributed by atoms with van der Waals surface area (Å²) in [6, 6.07) is 5.54. The highest BCUT2D eigenvalue weighted by Gasteiger charge is 2.23. The van der Waals surface area contributed by atoms with Gasteiger partial charge in [0.1, 0.15) is 5.75 Å². The van der Waals surface area contributed by atoms with Gasteiger partial charge in [-0.05, 0) is 38.3 Å². The van der Waals surface area contributed by atoms with Crippen molar-refractivity contribution in [2.24, 2.45) is 11.7 Å². The Morgan fingerprint density at radius 2 is 2.14 bits per heavy atom. The molecule has 0 aromatic heterocycles. The van der Waals surface area contributed by atoms with E-state index in [0.717, 1.165) is 31.5 Å². The van der Waals surface area contributed by atoms with Gasteiger partial charge in [-0.3, -0.25) is 4.79 Å². The molecule has 0 bridgehead atoms. The first-order valence-electron chi connectivity index (χ1n) is 7.53. The molecule has 0 saturated carbocycles. The molecular weight excluding hydrogens is 288 g/mol. The molecule has 1 amide bonds. The highest BCUT2D eigenvalue weighted by atomic mass is 35.5. The van der Waals surface area contributed by atoms with Gasteiger partial charge in [0.15, 0.2) is 0 Å². The average molecular weight is 311 g/mol. The summed E-state index contributed by atoms with van der Waals surface area (Å²) in [5.74, 6) is 1.32. The number of nitrogens with two attached hydrogens (primary N) is 1.